The smallest absolute Gasteiger partial charge is 0.255 e. The molecule has 166 valence electrons. The average molecular weight is 417 g/mol. The molecule has 0 aromatic heterocycles. The summed E-state index contributed by atoms with van der Waals surface area (Å²) in [6.45, 7) is 5.20. The van der Waals surface area contributed by atoms with E-state index in [9.17, 15) is 14.7 Å². The zero-order chi connectivity index (χ0) is 21.7. The molecule has 1 aromatic carbocycles. The molecule has 2 N–H and O–H groups in total. The van der Waals surface area contributed by atoms with Gasteiger partial charge in [-0.15, -0.1) is 0 Å². The van der Waals surface area contributed by atoms with Crippen LogP contribution >= 0.6 is 0 Å². The van der Waals surface area contributed by atoms with E-state index in [2.05, 4.69) is 10.2 Å². The van der Waals surface area contributed by atoms with Crippen molar-refractivity contribution in [3.8, 4) is 0 Å². The molecule has 1 atom stereocenters. The molecule has 1 aromatic rings. The van der Waals surface area contributed by atoms with Crippen molar-refractivity contribution in [2.75, 3.05) is 51.7 Å². The van der Waals surface area contributed by atoms with Gasteiger partial charge in [0.2, 0.25) is 5.91 Å². The highest BCUT2D eigenvalue weighted by Crippen LogP contribution is 2.27. The van der Waals surface area contributed by atoms with Crippen molar-refractivity contribution in [2.24, 2.45) is 0 Å². The van der Waals surface area contributed by atoms with Crippen LogP contribution in [-0.4, -0.2) is 85.2 Å². The lowest BCUT2D eigenvalue weighted by molar-refractivity contribution is -0.120. The van der Waals surface area contributed by atoms with Crippen LogP contribution < -0.4 is 10.2 Å². The Labute approximate surface area is 180 Å². The quantitative estimate of drug-likeness (QED) is 0.764. The molecule has 30 heavy (non-hydrogen) atoms. The Kier molecular flexibility index (Phi) is 7.36. The molecular formula is C23H36N4O3. The molecule has 0 radical (unpaired) electrons. The van der Waals surface area contributed by atoms with E-state index in [0.717, 1.165) is 38.0 Å². The van der Waals surface area contributed by atoms with Crippen LogP contribution in [0.1, 0.15) is 49.4 Å². The van der Waals surface area contributed by atoms with E-state index in [4.69, 9.17) is 0 Å². The maximum absolute atomic E-state index is 13.2. The molecule has 0 unspecified atom stereocenters. The topological polar surface area (TPSA) is 76.1 Å². The van der Waals surface area contributed by atoms with Gasteiger partial charge in [-0.05, 0) is 44.2 Å². The van der Waals surface area contributed by atoms with Crippen molar-refractivity contribution < 1.29 is 14.7 Å². The SMILES string of the molecule is CC(=O)NC1CCN(C[C@@]2(O)CCCN(C(=O)c3ccccc3N(C)C)CC2)CC1. The van der Waals surface area contributed by atoms with Crippen molar-refractivity contribution in [3.63, 3.8) is 0 Å². The molecule has 0 saturated carbocycles. The van der Waals surface area contributed by atoms with Crippen LogP contribution in [0, 0.1) is 0 Å². The second kappa shape index (κ2) is 9.79. The number of β-amino-alcohol motifs (C(OH)–C–C–N with tert-alkyl or cyclic N) is 1. The summed E-state index contributed by atoms with van der Waals surface area (Å²) in [5.41, 5.74) is 0.869. The van der Waals surface area contributed by atoms with Gasteiger partial charge in [-0.1, -0.05) is 12.1 Å². The summed E-state index contributed by atoms with van der Waals surface area (Å²) >= 11 is 0. The van der Waals surface area contributed by atoms with E-state index >= 15 is 0 Å². The molecule has 2 saturated heterocycles. The molecule has 7 nitrogen and oxygen atoms in total. The van der Waals surface area contributed by atoms with Crippen molar-refractivity contribution in [3.05, 3.63) is 29.8 Å². The van der Waals surface area contributed by atoms with Crippen LogP contribution in [0.15, 0.2) is 24.3 Å². The molecule has 2 aliphatic rings. The lowest BCUT2D eigenvalue weighted by Crippen LogP contribution is -2.50. The zero-order valence-electron chi connectivity index (χ0n) is 18.6. The Morgan fingerprint density at radius 2 is 1.83 bits per heavy atom. The molecular weight excluding hydrogens is 380 g/mol. The molecule has 0 spiro atoms. The number of anilines is 1. The number of hydrogen-bond acceptors (Lipinski definition) is 5. The van der Waals surface area contributed by atoms with Gasteiger partial charge in [0.1, 0.15) is 0 Å². The van der Waals surface area contributed by atoms with E-state index in [0.29, 0.717) is 38.0 Å². The van der Waals surface area contributed by atoms with Crippen LogP contribution in [0.4, 0.5) is 5.69 Å². The fourth-order valence-electron chi connectivity index (χ4n) is 4.69. The number of aliphatic hydroxyl groups is 1. The van der Waals surface area contributed by atoms with Gasteiger partial charge in [-0.3, -0.25) is 9.59 Å². The number of likely N-dealkylation sites (tertiary alicyclic amines) is 2. The van der Waals surface area contributed by atoms with Crippen LogP contribution in [-0.2, 0) is 4.79 Å². The second-order valence-corrected chi connectivity index (χ2v) is 9.03. The largest absolute Gasteiger partial charge is 0.388 e. The number of carbonyl (C=O) groups is 2. The second-order valence-electron chi connectivity index (χ2n) is 9.03. The van der Waals surface area contributed by atoms with Gasteiger partial charge in [-0.2, -0.15) is 0 Å². The first-order valence-corrected chi connectivity index (χ1v) is 11.0. The van der Waals surface area contributed by atoms with Crippen molar-refractivity contribution in [2.45, 2.75) is 50.7 Å². The highest BCUT2D eigenvalue weighted by atomic mass is 16.3. The summed E-state index contributed by atoms with van der Waals surface area (Å²) in [5.74, 6) is 0.0658. The molecule has 2 aliphatic heterocycles. The third-order valence-electron chi connectivity index (χ3n) is 6.33. The molecule has 2 fully saturated rings. The molecule has 2 amide bonds. The summed E-state index contributed by atoms with van der Waals surface area (Å²) in [6.07, 6.45) is 3.93. The predicted octanol–water partition coefficient (Wildman–Crippen LogP) is 1.71. The third kappa shape index (κ3) is 5.73. The maximum atomic E-state index is 13.2. The van der Waals surface area contributed by atoms with Crippen LogP contribution in [0.25, 0.3) is 0 Å². The zero-order valence-corrected chi connectivity index (χ0v) is 18.6. The van der Waals surface area contributed by atoms with Crippen LogP contribution in [0.5, 0.6) is 0 Å². The van der Waals surface area contributed by atoms with Gasteiger partial charge in [-0.25, -0.2) is 0 Å². The van der Waals surface area contributed by atoms with Crippen molar-refractivity contribution in [1.29, 1.82) is 0 Å². The minimum absolute atomic E-state index is 0.0245. The number of rotatable bonds is 5. The number of para-hydroxylation sites is 1. The van der Waals surface area contributed by atoms with Crippen LogP contribution in [0.2, 0.25) is 0 Å². The van der Waals surface area contributed by atoms with Gasteiger partial charge < -0.3 is 25.1 Å². The summed E-state index contributed by atoms with van der Waals surface area (Å²) < 4.78 is 0. The Balaban J connectivity index is 1.57. The summed E-state index contributed by atoms with van der Waals surface area (Å²) in [5, 5.41) is 14.3. The van der Waals surface area contributed by atoms with E-state index in [1.54, 1.807) is 6.92 Å². The number of carbonyl (C=O) groups excluding carboxylic acids is 2. The number of nitrogens with zero attached hydrogens (tertiary/aromatic N) is 3. The summed E-state index contributed by atoms with van der Waals surface area (Å²) in [4.78, 5) is 30.6. The number of nitrogens with one attached hydrogen (secondary N) is 1. The fraction of sp³-hybridized carbons (Fsp3) is 0.652. The first kappa shape index (κ1) is 22.6. The third-order valence-corrected chi connectivity index (χ3v) is 6.33. The first-order valence-electron chi connectivity index (χ1n) is 11.0. The van der Waals surface area contributed by atoms with Gasteiger partial charge in [0.25, 0.3) is 5.91 Å². The lowest BCUT2D eigenvalue weighted by atomic mass is 9.93. The highest BCUT2D eigenvalue weighted by Gasteiger charge is 2.35. The molecule has 0 bridgehead atoms. The Morgan fingerprint density at radius 3 is 2.50 bits per heavy atom. The van der Waals surface area contributed by atoms with Gasteiger partial charge in [0, 0.05) is 65.5 Å². The molecule has 7 heteroatoms. The number of amides is 2. The summed E-state index contributed by atoms with van der Waals surface area (Å²) in [6, 6.07) is 7.94. The Morgan fingerprint density at radius 1 is 1.13 bits per heavy atom. The maximum Gasteiger partial charge on any atom is 0.255 e. The predicted molar refractivity (Wildman–Crippen MR) is 119 cm³/mol. The van der Waals surface area contributed by atoms with E-state index in [1.807, 2.05) is 48.2 Å². The fourth-order valence-corrected chi connectivity index (χ4v) is 4.69. The summed E-state index contributed by atoms with van der Waals surface area (Å²) in [7, 11) is 3.89. The average Bonchev–Trinajstić information content (AvgIpc) is 2.90. The number of hydrogen-bond donors (Lipinski definition) is 2. The number of benzene rings is 1. The Bertz CT molecular complexity index is 746. The molecule has 0 aliphatic carbocycles. The molecule has 3 rings (SSSR count). The Hall–Kier alpha value is -2.12. The minimum atomic E-state index is -0.767. The van der Waals surface area contributed by atoms with Gasteiger partial charge in [0.15, 0.2) is 0 Å². The van der Waals surface area contributed by atoms with Crippen LogP contribution in [0.3, 0.4) is 0 Å². The molecule has 2 heterocycles. The van der Waals surface area contributed by atoms with E-state index in [1.165, 1.54) is 0 Å². The minimum Gasteiger partial charge on any atom is -0.388 e. The van der Waals surface area contributed by atoms with Gasteiger partial charge in [0.05, 0.1) is 11.2 Å². The standard InChI is InChI=1S/C23H36N4O3/c1-18(28)24-19-9-14-26(15-10-19)17-23(30)11-6-13-27(16-12-23)22(29)20-7-4-5-8-21(20)25(2)3/h4-5,7-8,19,30H,6,9-17H2,1-3H3,(H,24,28)/t23-/m1/s1. The van der Waals surface area contributed by atoms with Crippen molar-refractivity contribution in [1.82, 2.24) is 15.1 Å². The monoisotopic (exact) mass is 416 g/mol. The van der Waals surface area contributed by atoms with E-state index < -0.39 is 5.60 Å². The van der Waals surface area contributed by atoms with Gasteiger partial charge >= 0.3 is 0 Å². The first-order chi connectivity index (χ1) is 14.3. The van der Waals surface area contributed by atoms with E-state index in [-0.39, 0.29) is 17.9 Å². The highest BCUT2D eigenvalue weighted by molar-refractivity contribution is 5.99. The number of piperidine rings is 1. The normalized spacial score (nSPS) is 23.7. The lowest BCUT2D eigenvalue weighted by Gasteiger charge is -2.38. The van der Waals surface area contributed by atoms with Crippen molar-refractivity contribution >= 4 is 17.5 Å².